The normalized spacial score (nSPS) is 17.4. The van der Waals surface area contributed by atoms with Crippen molar-refractivity contribution in [1.82, 2.24) is 15.0 Å². The summed E-state index contributed by atoms with van der Waals surface area (Å²) in [7, 11) is 0. The second-order valence-corrected chi connectivity index (χ2v) is 7.28. The van der Waals surface area contributed by atoms with E-state index >= 15 is 0 Å². The third kappa shape index (κ3) is 3.09. The van der Waals surface area contributed by atoms with Gasteiger partial charge in [0.25, 0.3) is 5.91 Å². The second kappa shape index (κ2) is 6.07. The average molecular weight is 329 g/mol. The fraction of sp³-hybridized carbons (Fsp3) is 0.611. The summed E-state index contributed by atoms with van der Waals surface area (Å²) >= 11 is 0. The molecule has 1 aliphatic heterocycles. The lowest BCUT2D eigenvalue weighted by Crippen LogP contribution is -2.35. The quantitative estimate of drug-likeness (QED) is 0.841. The highest BCUT2D eigenvalue weighted by Gasteiger charge is 2.31. The van der Waals surface area contributed by atoms with E-state index in [1.54, 1.807) is 11.0 Å². The van der Waals surface area contributed by atoms with E-state index in [-0.39, 0.29) is 5.91 Å². The predicted molar refractivity (Wildman–Crippen MR) is 86.6 cm³/mol. The van der Waals surface area contributed by atoms with Gasteiger partial charge in [0.2, 0.25) is 5.76 Å². The number of oxazole rings is 1. The molecule has 0 radical (unpaired) electrons. The van der Waals surface area contributed by atoms with Gasteiger partial charge in [0.05, 0.1) is 12.2 Å². The minimum Gasteiger partial charge on any atom is -0.445 e. The van der Waals surface area contributed by atoms with Gasteiger partial charge in [-0.15, -0.1) is 0 Å². The van der Waals surface area contributed by atoms with Gasteiger partial charge >= 0.3 is 0 Å². The first kappa shape index (κ1) is 15.4. The molecule has 4 rings (SSSR count). The van der Waals surface area contributed by atoms with Crippen molar-refractivity contribution >= 4 is 5.91 Å². The summed E-state index contributed by atoms with van der Waals surface area (Å²) in [6, 6.07) is 1.80. The Morgan fingerprint density at radius 2 is 2.25 bits per heavy atom. The maximum absolute atomic E-state index is 12.6. The number of carbonyl (C=O) groups is 1. The SMILES string of the molecule is CC(C)CCc1nc2c(o1)CCN(C(=O)c1cc(C3CC3)no1)C2. The highest BCUT2D eigenvalue weighted by Crippen LogP contribution is 2.39. The molecule has 0 N–H and O–H groups in total. The molecule has 6 nitrogen and oxygen atoms in total. The summed E-state index contributed by atoms with van der Waals surface area (Å²) in [4.78, 5) is 19.0. The summed E-state index contributed by atoms with van der Waals surface area (Å²) in [5, 5.41) is 4.03. The van der Waals surface area contributed by atoms with Crippen LogP contribution in [0.1, 0.15) is 72.6 Å². The van der Waals surface area contributed by atoms with Crippen molar-refractivity contribution in [1.29, 1.82) is 0 Å². The zero-order valence-corrected chi connectivity index (χ0v) is 14.2. The number of carbonyl (C=O) groups excluding carboxylic acids is 1. The largest absolute Gasteiger partial charge is 0.445 e. The molecule has 0 atom stereocenters. The molecule has 128 valence electrons. The number of fused-ring (bicyclic) bond motifs is 1. The highest BCUT2D eigenvalue weighted by molar-refractivity contribution is 5.91. The fourth-order valence-electron chi connectivity index (χ4n) is 3.06. The van der Waals surface area contributed by atoms with Crippen LogP contribution in [0, 0.1) is 5.92 Å². The molecule has 6 heteroatoms. The zero-order chi connectivity index (χ0) is 16.7. The van der Waals surface area contributed by atoms with Crippen LogP contribution in [0.4, 0.5) is 0 Å². The van der Waals surface area contributed by atoms with E-state index in [4.69, 9.17) is 8.94 Å². The van der Waals surface area contributed by atoms with Crippen molar-refractivity contribution in [3.63, 3.8) is 0 Å². The van der Waals surface area contributed by atoms with Crippen molar-refractivity contribution in [3.8, 4) is 0 Å². The van der Waals surface area contributed by atoms with Gasteiger partial charge < -0.3 is 13.8 Å². The van der Waals surface area contributed by atoms with Gasteiger partial charge in [0, 0.05) is 31.4 Å². The Morgan fingerprint density at radius 3 is 3.00 bits per heavy atom. The highest BCUT2D eigenvalue weighted by atomic mass is 16.5. The lowest BCUT2D eigenvalue weighted by atomic mass is 10.1. The van der Waals surface area contributed by atoms with E-state index in [0.717, 1.165) is 48.7 Å². The van der Waals surface area contributed by atoms with Crippen LogP contribution in [0.15, 0.2) is 15.0 Å². The number of amides is 1. The first-order chi connectivity index (χ1) is 11.6. The minimum atomic E-state index is -0.105. The van der Waals surface area contributed by atoms with Crippen LogP contribution in [0.3, 0.4) is 0 Å². The number of rotatable bonds is 5. The molecule has 0 saturated heterocycles. The lowest BCUT2D eigenvalue weighted by Gasteiger charge is -2.23. The molecule has 0 unspecified atom stereocenters. The van der Waals surface area contributed by atoms with Crippen molar-refractivity contribution in [3.05, 3.63) is 34.9 Å². The number of aromatic nitrogens is 2. The number of hydrogen-bond donors (Lipinski definition) is 0. The van der Waals surface area contributed by atoms with Crippen LogP contribution in [0.5, 0.6) is 0 Å². The molecular formula is C18H23N3O3. The van der Waals surface area contributed by atoms with Gasteiger partial charge in [-0.1, -0.05) is 19.0 Å². The van der Waals surface area contributed by atoms with Crippen molar-refractivity contribution < 1.29 is 13.7 Å². The fourth-order valence-corrected chi connectivity index (χ4v) is 3.06. The Balaban J connectivity index is 1.43. The van der Waals surface area contributed by atoms with Gasteiger partial charge in [0.1, 0.15) is 11.5 Å². The van der Waals surface area contributed by atoms with E-state index < -0.39 is 0 Å². The van der Waals surface area contributed by atoms with Crippen LogP contribution < -0.4 is 0 Å². The molecular weight excluding hydrogens is 306 g/mol. The summed E-state index contributed by atoms with van der Waals surface area (Å²) in [6.45, 7) is 5.50. The van der Waals surface area contributed by atoms with E-state index in [2.05, 4.69) is 24.0 Å². The molecule has 0 aromatic carbocycles. The Kier molecular flexibility index (Phi) is 3.90. The van der Waals surface area contributed by atoms with Crippen LogP contribution >= 0.6 is 0 Å². The Bertz CT molecular complexity index is 743. The molecule has 1 saturated carbocycles. The average Bonchev–Trinajstić information content (AvgIpc) is 3.16. The summed E-state index contributed by atoms with van der Waals surface area (Å²) in [5.74, 6) is 3.06. The number of nitrogens with zero attached hydrogens (tertiary/aromatic N) is 3. The Labute approximate surface area is 141 Å². The second-order valence-electron chi connectivity index (χ2n) is 7.28. The molecule has 1 amide bonds. The van der Waals surface area contributed by atoms with Crippen LogP contribution in [0.2, 0.25) is 0 Å². The first-order valence-electron chi connectivity index (χ1n) is 8.83. The third-order valence-electron chi connectivity index (χ3n) is 4.73. The Morgan fingerprint density at radius 1 is 1.42 bits per heavy atom. The first-order valence-corrected chi connectivity index (χ1v) is 8.83. The standard InChI is InChI=1S/C18H23N3O3/c1-11(2)3-6-17-19-14-10-21(8-7-15(14)23-17)18(22)16-9-13(20-24-16)12-4-5-12/h9,11-12H,3-8,10H2,1-2H3. The molecule has 2 aromatic heterocycles. The molecule has 2 aromatic rings. The smallest absolute Gasteiger partial charge is 0.292 e. The summed E-state index contributed by atoms with van der Waals surface area (Å²) in [6.07, 6.45) is 4.91. The van der Waals surface area contributed by atoms with Gasteiger partial charge in [-0.25, -0.2) is 4.98 Å². The van der Waals surface area contributed by atoms with E-state index in [0.29, 0.717) is 37.1 Å². The van der Waals surface area contributed by atoms with E-state index in [1.165, 1.54) is 0 Å². The molecule has 0 bridgehead atoms. The molecule has 3 heterocycles. The van der Waals surface area contributed by atoms with Crippen LogP contribution in [0.25, 0.3) is 0 Å². The summed E-state index contributed by atoms with van der Waals surface area (Å²) < 4.78 is 11.1. The monoisotopic (exact) mass is 329 g/mol. The molecule has 1 aliphatic carbocycles. The minimum absolute atomic E-state index is 0.105. The number of hydrogen-bond acceptors (Lipinski definition) is 5. The Hall–Kier alpha value is -2.11. The van der Waals surface area contributed by atoms with Crippen LogP contribution in [-0.4, -0.2) is 27.5 Å². The number of aryl methyl sites for hydroxylation is 1. The van der Waals surface area contributed by atoms with E-state index in [9.17, 15) is 4.79 Å². The van der Waals surface area contributed by atoms with Crippen LogP contribution in [-0.2, 0) is 19.4 Å². The topological polar surface area (TPSA) is 72.4 Å². The lowest BCUT2D eigenvalue weighted by molar-refractivity contribution is 0.0685. The van der Waals surface area contributed by atoms with Gasteiger partial charge in [0.15, 0.2) is 5.89 Å². The maximum atomic E-state index is 12.6. The van der Waals surface area contributed by atoms with Crippen molar-refractivity contribution in [2.24, 2.45) is 5.92 Å². The van der Waals surface area contributed by atoms with Gasteiger partial charge in [-0.3, -0.25) is 4.79 Å². The zero-order valence-electron chi connectivity index (χ0n) is 14.2. The maximum Gasteiger partial charge on any atom is 0.292 e. The van der Waals surface area contributed by atoms with Crippen molar-refractivity contribution in [2.75, 3.05) is 6.54 Å². The van der Waals surface area contributed by atoms with Gasteiger partial charge in [-0.05, 0) is 25.2 Å². The predicted octanol–water partition coefficient (Wildman–Crippen LogP) is 3.33. The third-order valence-corrected chi connectivity index (χ3v) is 4.73. The van der Waals surface area contributed by atoms with E-state index in [1.807, 2.05) is 0 Å². The molecule has 0 spiro atoms. The van der Waals surface area contributed by atoms with Gasteiger partial charge in [-0.2, -0.15) is 0 Å². The molecule has 24 heavy (non-hydrogen) atoms. The molecule has 2 aliphatic rings. The summed E-state index contributed by atoms with van der Waals surface area (Å²) in [5.41, 5.74) is 1.80. The molecule has 1 fully saturated rings. The van der Waals surface area contributed by atoms with Crippen molar-refractivity contribution in [2.45, 2.75) is 58.4 Å².